The van der Waals surface area contributed by atoms with Crippen molar-refractivity contribution in [2.24, 2.45) is 0 Å². The molecule has 0 atom stereocenters. The van der Waals surface area contributed by atoms with Gasteiger partial charge in [0.05, 0.1) is 6.20 Å². The molecule has 0 fully saturated rings. The van der Waals surface area contributed by atoms with E-state index in [9.17, 15) is 0 Å². The zero-order valence-electron chi connectivity index (χ0n) is 11.6. The molecule has 0 amide bonds. The summed E-state index contributed by atoms with van der Waals surface area (Å²) in [5.74, 6) is 1.68. The Labute approximate surface area is 113 Å². The second-order valence-electron chi connectivity index (χ2n) is 4.71. The molecule has 0 radical (unpaired) electrons. The molecule has 0 saturated heterocycles. The zero-order chi connectivity index (χ0) is 13.7. The number of rotatable bonds is 5. The summed E-state index contributed by atoms with van der Waals surface area (Å²) in [7, 11) is 1.93. The lowest BCUT2D eigenvalue weighted by Gasteiger charge is -2.11. The molecule has 4 nitrogen and oxygen atoms in total. The summed E-state index contributed by atoms with van der Waals surface area (Å²) in [4.78, 5) is 8.56. The monoisotopic (exact) mass is 257 g/mol. The smallest absolute Gasteiger partial charge is 0.219 e. The summed E-state index contributed by atoms with van der Waals surface area (Å²) in [6.07, 6.45) is 3.40. The molecule has 0 saturated carbocycles. The maximum atomic E-state index is 5.75. The van der Waals surface area contributed by atoms with Crippen LogP contribution < -0.4 is 10.1 Å². The van der Waals surface area contributed by atoms with Crippen molar-refractivity contribution in [3.05, 3.63) is 47.9 Å². The van der Waals surface area contributed by atoms with E-state index in [1.54, 1.807) is 12.4 Å². The largest absolute Gasteiger partial charge is 0.437 e. The summed E-state index contributed by atoms with van der Waals surface area (Å²) in [5, 5.41) is 3.15. The number of ether oxygens (including phenoxy) is 1. The van der Waals surface area contributed by atoms with Gasteiger partial charge in [-0.3, -0.25) is 4.98 Å². The Morgan fingerprint density at radius 2 is 2.16 bits per heavy atom. The highest BCUT2D eigenvalue weighted by atomic mass is 16.5. The molecule has 0 aliphatic heterocycles. The quantitative estimate of drug-likeness (QED) is 0.894. The Morgan fingerprint density at radius 1 is 1.32 bits per heavy atom. The van der Waals surface area contributed by atoms with Crippen molar-refractivity contribution in [2.45, 2.75) is 26.3 Å². The van der Waals surface area contributed by atoms with Gasteiger partial charge in [0.1, 0.15) is 5.75 Å². The van der Waals surface area contributed by atoms with Crippen molar-refractivity contribution in [1.82, 2.24) is 15.3 Å². The Bertz CT molecular complexity index is 526. The topological polar surface area (TPSA) is 47.0 Å². The van der Waals surface area contributed by atoms with Gasteiger partial charge in [0, 0.05) is 24.5 Å². The van der Waals surface area contributed by atoms with Crippen LogP contribution in [0, 0.1) is 0 Å². The van der Waals surface area contributed by atoms with Crippen molar-refractivity contribution in [3.8, 4) is 11.6 Å². The summed E-state index contributed by atoms with van der Waals surface area (Å²) in [6, 6.07) is 7.78. The van der Waals surface area contributed by atoms with E-state index in [2.05, 4.69) is 35.2 Å². The van der Waals surface area contributed by atoms with Crippen LogP contribution in [0.4, 0.5) is 0 Å². The minimum atomic E-state index is 0.369. The lowest BCUT2D eigenvalue weighted by Crippen LogP contribution is -2.07. The van der Waals surface area contributed by atoms with Crippen LogP contribution in [0.1, 0.15) is 31.0 Å². The third kappa shape index (κ3) is 3.76. The van der Waals surface area contributed by atoms with E-state index < -0.39 is 0 Å². The Hall–Kier alpha value is -1.94. The van der Waals surface area contributed by atoms with Gasteiger partial charge in [-0.25, -0.2) is 4.98 Å². The third-order valence-corrected chi connectivity index (χ3v) is 2.71. The molecule has 0 aliphatic rings. The van der Waals surface area contributed by atoms with Crippen LogP contribution in [0.2, 0.25) is 0 Å². The van der Waals surface area contributed by atoms with Crippen LogP contribution >= 0.6 is 0 Å². The molecular formula is C15H19N3O. The van der Waals surface area contributed by atoms with Gasteiger partial charge in [-0.15, -0.1) is 0 Å². The van der Waals surface area contributed by atoms with E-state index in [0.717, 1.165) is 12.2 Å². The van der Waals surface area contributed by atoms with Crippen LogP contribution in [0.3, 0.4) is 0 Å². The first-order valence-corrected chi connectivity index (χ1v) is 6.42. The Balaban J connectivity index is 2.28. The Morgan fingerprint density at radius 3 is 2.79 bits per heavy atom. The van der Waals surface area contributed by atoms with Gasteiger partial charge in [-0.1, -0.05) is 13.8 Å². The first-order chi connectivity index (χ1) is 9.19. The van der Waals surface area contributed by atoms with Crippen molar-refractivity contribution < 1.29 is 4.74 Å². The second-order valence-corrected chi connectivity index (χ2v) is 4.71. The second kappa shape index (κ2) is 6.29. The lowest BCUT2D eigenvalue weighted by atomic mass is 10.1. The lowest BCUT2D eigenvalue weighted by molar-refractivity contribution is 0.456. The van der Waals surface area contributed by atoms with Crippen molar-refractivity contribution >= 4 is 0 Å². The third-order valence-electron chi connectivity index (χ3n) is 2.71. The summed E-state index contributed by atoms with van der Waals surface area (Å²) in [6.45, 7) is 5.05. The van der Waals surface area contributed by atoms with Gasteiger partial charge in [-0.05, 0) is 36.7 Å². The molecule has 2 aromatic rings. The van der Waals surface area contributed by atoms with Crippen molar-refractivity contribution in [1.29, 1.82) is 0 Å². The van der Waals surface area contributed by atoms with E-state index in [1.807, 2.05) is 25.2 Å². The summed E-state index contributed by atoms with van der Waals surface area (Å²) < 4.78 is 5.75. The normalized spacial score (nSPS) is 10.7. The van der Waals surface area contributed by atoms with Gasteiger partial charge in [0.15, 0.2) is 0 Å². The predicted molar refractivity (Wildman–Crippen MR) is 75.4 cm³/mol. The highest BCUT2D eigenvalue weighted by molar-refractivity contribution is 5.30. The molecule has 0 unspecified atom stereocenters. The predicted octanol–water partition coefficient (Wildman–Crippen LogP) is 3.11. The maximum absolute atomic E-state index is 5.75. The standard InChI is InChI=1S/C15H19N3O/c1-11(2)14-7-12(9-16-3)8-15(18-14)19-13-5-4-6-17-10-13/h4-8,10-11,16H,9H2,1-3H3. The molecular weight excluding hydrogens is 238 g/mol. The van der Waals surface area contributed by atoms with E-state index in [1.165, 1.54) is 5.56 Å². The van der Waals surface area contributed by atoms with Gasteiger partial charge in [-0.2, -0.15) is 0 Å². The van der Waals surface area contributed by atoms with E-state index in [-0.39, 0.29) is 0 Å². The molecule has 100 valence electrons. The molecule has 19 heavy (non-hydrogen) atoms. The van der Waals surface area contributed by atoms with Crippen LogP contribution in [-0.2, 0) is 6.54 Å². The van der Waals surface area contributed by atoms with Gasteiger partial charge < -0.3 is 10.1 Å². The molecule has 2 heterocycles. The fourth-order valence-electron chi connectivity index (χ4n) is 1.76. The fourth-order valence-corrected chi connectivity index (χ4v) is 1.76. The number of pyridine rings is 2. The van der Waals surface area contributed by atoms with E-state index >= 15 is 0 Å². The first-order valence-electron chi connectivity index (χ1n) is 6.42. The summed E-state index contributed by atoms with van der Waals surface area (Å²) in [5.41, 5.74) is 2.20. The van der Waals surface area contributed by atoms with Gasteiger partial charge >= 0.3 is 0 Å². The van der Waals surface area contributed by atoms with Crippen LogP contribution in [0.5, 0.6) is 11.6 Å². The Kier molecular flexibility index (Phi) is 4.47. The molecule has 2 rings (SSSR count). The average molecular weight is 257 g/mol. The molecule has 0 spiro atoms. The molecule has 4 heteroatoms. The highest BCUT2D eigenvalue weighted by Crippen LogP contribution is 2.23. The van der Waals surface area contributed by atoms with Crippen molar-refractivity contribution in [3.63, 3.8) is 0 Å². The SMILES string of the molecule is CNCc1cc(Oc2cccnc2)nc(C(C)C)c1. The van der Waals surface area contributed by atoms with Gasteiger partial charge in [0.2, 0.25) is 5.88 Å². The van der Waals surface area contributed by atoms with Crippen LogP contribution in [0.25, 0.3) is 0 Å². The van der Waals surface area contributed by atoms with Gasteiger partial charge in [0.25, 0.3) is 0 Å². The van der Waals surface area contributed by atoms with E-state index in [0.29, 0.717) is 17.5 Å². The maximum Gasteiger partial charge on any atom is 0.219 e. The average Bonchev–Trinajstić information content (AvgIpc) is 2.40. The molecule has 2 aromatic heterocycles. The highest BCUT2D eigenvalue weighted by Gasteiger charge is 2.07. The summed E-state index contributed by atoms with van der Waals surface area (Å²) >= 11 is 0. The molecule has 0 aromatic carbocycles. The molecule has 0 bridgehead atoms. The number of nitrogens with one attached hydrogen (secondary N) is 1. The van der Waals surface area contributed by atoms with Crippen LogP contribution in [0.15, 0.2) is 36.7 Å². The minimum Gasteiger partial charge on any atom is -0.437 e. The molecule has 0 aliphatic carbocycles. The molecule has 1 N–H and O–H groups in total. The number of hydrogen-bond donors (Lipinski definition) is 1. The first kappa shape index (κ1) is 13.5. The zero-order valence-corrected chi connectivity index (χ0v) is 11.6. The number of aromatic nitrogens is 2. The number of nitrogens with zero attached hydrogens (tertiary/aromatic N) is 2. The number of hydrogen-bond acceptors (Lipinski definition) is 4. The van der Waals surface area contributed by atoms with Crippen molar-refractivity contribution in [2.75, 3.05) is 7.05 Å². The van der Waals surface area contributed by atoms with E-state index in [4.69, 9.17) is 4.74 Å². The minimum absolute atomic E-state index is 0.369. The fraction of sp³-hybridized carbons (Fsp3) is 0.333. The van der Waals surface area contributed by atoms with Crippen LogP contribution in [-0.4, -0.2) is 17.0 Å².